The van der Waals surface area contributed by atoms with Gasteiger partial charge in [0.1, 0.15) is 5.76 Å². The number of aromatic nitrogens is 2. The first-order chi connectivity index (χ1) is 13.7. The van der Waals surface area contributed by atoms with Gasteiger partial charge in [0, 0.05) is 36.9 Å². The molecule has 2 aliphatic rings. The molecule has 0 aliphatic heterocycles. The number of nitrogens with zero attached hydrogens (tertiary/aromatic N) is 3. The molecular formula is C22H32N4O2. The molecule has 4 rings (SSSR count). The van der Waals surface area contributed by atoms with Gasteiger partial charge in [0.25, 0.3) is 5.91 Å². The highest BCUT2D eigenvalue weighted by molar-refractivity contribution is 5.94. The number of fused-ring (bicyclic) bond motifs is 1. The zero-order chi connectivity index (χ0) is 19.5. The van der Waals surface area contributed by atoms with Crippen molar-refractivity contribution < 1.29 is 9.21 Å². The Bertz CT molecular complexity index is 790. The highest BCUT2D eigenvalue weighted by atomic mass is 16.3. The fraction of sp³-hybridized carbons (Fsp3) is 0.636. The van der Waals surface area contributed by atoms with Crippen molar-refractivity contribution in [1.82, 2.24) is 20.0 Å². The third-order valence-corrected chi connectivity index (χ3v) is 6.25. The summed E-state index contributed by atoms with van der Waals surface area (Å²) in [7, 11) is 1.82. The first-order valence-corrected chi connectivity index (χ1v) is 10.8. The summed E-state index contributed by atoms with van der Waals surface area (Å²) in [5, 5.41) is 8.59. The third kappa shape index (κ3) is 4.02. The second-order valence-corrected chi connectivity index (χ2v) is 8.27. The lowest BCUT2D eigenvalue weighted by molar-refractivity contribution is 0.0767. The number of hydrogen-bond acceptors (Lipinski definition) is 4. The predicted molar refractivity (Wildman–Crippen MR) is 108 cm³/mol. The Kier molecular flexibility index (Phi) is 5.85. The van der Waals surface area contributed by atoms with Gasteiger partial charge in [-0.05, 0) is 51.2 Å². The largest absolute Gasteiger partial charge is 0.467 e. The number of nitrogens with one attached hydrogen (secondary N) is 1. The predicted octanol–water partition coefficient (Wildman–Crippen LogP) is 3.55. The van der Waals surface area contributed by atoms with E-state index in [1.54, 1.807) is 11.2 Å². The highest BCUT2D eigenvalue weighted by Gasteiger charge is 2.31. The van der Waals surface area contributed by atoms with Gasteiger partial charge in [-0.15, -0.1) is 0 Å². The molecule has 1 N–H and O–H groups in total. The van der Waals surface area contributed by atoms with E-state index >= 15 is 0 Å². The number of aryl methyl sites for hydroxylation is 1. The average molecular weight is 385 g/mol. The second-order valence-electron chi connectivity index (χ2n) is 8.27. The summed E-state index contributed by atoms with van der Waals surface area (Å²) in [6.45, 7) is 3.36. The number of hydrogen-bond donors (Lipinski definition) is 1. The number of furan rings is 1. The molecule has 1 saturated carbocycles. The molecule has 2 aromatic rings. The number of rotatable bonds is 6. The van der Waals surface area contributed by atoms with Crippen molar-refractivity contribution in [3.8, 4) is 0 Å². The van der Waals surface area contributed by atoms with Crippen molar-refractivity contribution in [1.29, 1.82) is 0 Å². The molecule has 0 radical (unpaired) electrons. The monoisotopic (exact) mass is 384 g/mol. The molecule has 1 fully saturated rings. The van der Waals surface area contributed by atoms with Gasteiger partial charge in [0.15, 0.2) is 5.69 Å². The fourth-order valence-corrected chi connectivity index (χ4v) is 4.75. The molecule has 2 heterocycles. The number of amides is 1. The molecule has 1 unspecified atom stereocenters. The Morgan fingerprint density at radius 2 is 2.11 bits per heavy atom. The summed E-state index contributed by atoms with van der Waals surface area (Å²) in [5.41, 5.74) is 3.03. The minimum Gasteiger partial charge on any atom is -0.467 e. The van der Waals surface area contributed by atoms with E-state index < -0.39 is 0 Å². The lowest BCUT2D eigenvalue weighted by atomic mass is 9.88. The maximum Gasteiger partial charge on any atom is 0.274 e. The summed E-state index contributed by atoms with van der Waals surface area (Å²) in [6.07, 6.45) is 11.3. The van der Waals surface area contributed by atoms with Gasteiger partial charge in [-0.2, -0.15) is 5.10 Å². The summed E-state index contributed by atoms with van der Waals surface area (Å²) >= 11 is 0. The van der Waals surface area contributed by atoms with Crippen LogP contribution < -0.4 is 5.32 Å². The molecular weight excluding hydrogens is 352 g/mol. The maximum absolute atomic E-state index is 13.2. The van der Waals surface area contributed by atoms with Crippen molar-refractivity contribution >= 4 is 5.91 Å². The lowest BCUT2D eigenvalue weighted by Gasteiger charge is -2.31. The summed E-state index contributed by atoms with van der Waals surface area (Å²) in [4.78, 5) is 14.9. The van der Waals surface area contributed by atoms with Crippen LogP contribution in [0.2, 0.25) is 0 Å². The molecule has 0 spiro atoms. The van der Waals surface area contributed by atoms with Crippen molar-refractivity contribution in [3.05, 3.63) is 41.1 Å². The topological polar surface area (TPSA) is 63.3 Å². The Morgan fingerprint density at radius 1 is 1.29 bits per heavy atom. The van der Waals surface area contributed by atoms with Crippen LogP contribution in [0.15, 0.2) is 22.8 Å². The highest BCUT2D eigenvalue weighted by Crippen LogP contribution is 2.28. The quantitative estimate of drug-likeness (QED) is 0.827. The van der Waals surface area contributed by atoms with Crippen LogP contribution in [0.3, 0.4) is 0 Å². The molecule has 28 heavy (non-hydrogen) atoms. The van der Waals surface area contributed by atoms with E-state index in [4.69, 9.17) is 9.52 Å². The first kappa shape index (κ1) is 19.2. The molecule has 6 nitrogen and oxygen atoms in total. The van der Waals surface area contributed by atoms with E-state index in [1.165, 1.54) is 37.8 Å². The Hall–Kier alpha value is -2.08. The van der Waals surface area contributed by atoms with Gasteiger partial charge >= 0.3 is 0 Å². The van der Waals surface area contributed by atoms with Crippen LogP contribution in [0.25, 0.3) is 0 Å². The normalized spacial score (nSPS) is 20.1. The molecule has 6 heteroatoms. The van der Waals surface area contributed by atoms with Crippen LogP contribution in [0.4, 0.5) is 0 Å². The van der Waals surface area contributed by atoms with E-state index in [-0.39, 0.29) is 5.91 Å². The van der Waals surface area contributed by atoms with Gasteiger partial charge in [0.05, 0.1) is 12.8 Å². The van der Waals surface area contributed by atoms with Crippen LogP contribution >= 0.6 is 0 Å². The summed E-state index contributed by atoms with van der Waals surface area (Å²) in [6, 6.07) is 4.84. The Labute approximate surface area is 167 Å². The molecule has 2 aromatic heterocycles. The Balaban J connectivity index is 1.50. The molecule has 0 saturated heterocycles. The second kappa shape index (κ2) is 8.52. The first-order valence-electron chi connectivity index (χ1n) is 10.8. The Morgan fingerprint density at radius 3 is 2.82 bits per heavy atom. The van der Waals surface area contributed by atoms with Crippen LogP contribution in [0.1, 0.15) is 73.0 Å². The molecule has 152 valence electrons. The van der Waals surface area contributed by atoms with Gasteiger partial charge in [-0.25, -0.2) is 0 Å². The number of carbonyl (C=O) groups excluding carboxylic acids is 1. The molecule has 1 atom stereocenters. The fourth-order valence-electron chi connectivity index (χ4n) is 4.75. The van der Waals surface area contributed by atoms with Crippen LogP contribution in [-0.2, 0) is 25.9 Å². The summed E-state index contributed by atoms with van der Waals surface area (Å²) in [5.74, 6) is 0.773. The SMILES string of the molecule is CCn1nc(C(=O)N(C)Cc2ccco2)c2c1CCC(NC1CCCCC1)C2. The molecule has 2 aliphatic carbocycles. The third-order valence-electron chi connectivity index (χ3n) is 6.25. The molecule has 0 bridgehead atoms. The van der Waals surface area contributed by atoms with Crippen molar-refractivity contribution in [2.75, 3.05) is 7.05 Å². The summed E-state index contributed by atoms with van der Waals surface area (Å²) < 4.78 is 7.43. The van der Waals surface area contributed by atoms with Gasteiger partial charge in [-0.3, -0.25) is 9.48 Å². The van der Waals surface area contributed by atoms with E-state index in [9.17, 15) is 4.79 Å². The zero-order valence-corrected chi connectivity index (χ0v) is 17.1. The van der Waals surface area contributed by atoms with Crippen LogP contribution in [0.5, 0.6) is 0 Å². The van der Waals surface area contributed by atoms with E-state index in [1.807, 2.05) is 23.9 Å². The maximum atomic E-state index is 13.2. The van der Waals surface area contributed by atoms with Crippen molar-refractivity contribution in [3.63, 3.8) is 0 Å². The minimum absolute atomic E-state index is 0.0156. The lowest BCUT2D eigenvalue weighted by Crippen LogP contribution is -2.43. The smallest absolute Gasteiger partial charge is 0.274 e. The van der Waals surface area contributed by atoms with E-state index in [0.717, 1.165) is 37.1 Å². The van der Waals surface area contributed by atoms with E-state index in [0.29, 0.717) is 24.3 Å². The van der Waals surface area contributed by atoms with Crippen molar-refractivity contribution in [2.24, 2.45) is 0 Å². The van der Waals surface area contributed by atoms with Crippen LogP contribution in [0, 0.1) is 0 Å². The van der Waals surface area contributed by atoms with Gasteiger partial charge in [-0.1, -0.05) is 19.3 Å². The molecule has 0 aromatic carbocycles. The van der Waals surface area contributed by atoms with Gasteiger partial charge < -0.3 is 14.6 Å². The minimum atomic E-state index is -0.0156. The average Bonchev–Trinajstić information content (AvgIpc) is 3.35. The van der Waals surface area contributed by atoms with Gasteiger partial charge in [0.2, 0.25) is 0 Å². The molecule has 1 amide bonds. The number of carbonyl (C=O) groups is 1. The van der Waals surface area contributed by atoms with Crippen LogP contribution in [-0.4, -0.2) is 39.7 Å². The zero-order valence-electron chi connectivity index (χ0n) is 17.1. The van der Waals surface area contributed by atoms with E-state index in [2.05, 4.69) is 12.2 Å². The standard InChI is InChI=1S/C22H32N4O2/c1-3-26-20-12-11-17(23-16-8-5-4-6-9-16)14-19(20)21(24-26)22(27)25(2)15-18-10-7-13-28-18/h7,10,13,16-17,23H,3-6,8-9,11-12,14-15H2,1-2H3. The van der Waals surface area contributed by atoms with Crippen molar-refractivity contribution in [2.45, 2.75) is 83.5 Å².